The summed E-state index contributed by atoms with van der Waals surface area (Å²) >= 11 is 0. The number of hydrogen-bond donors (Lipinski definition) is 1. The third-order valence-electron chi connectivity index (χ3n) is 5.31. The normalized spacial score (nSPS) is 16.5. The predicted molar refractivity (Wildman–Crippen MR) is 123 cm³/mol. The van der Waals surface area contributed by atoms with Crippen LogP contribution in [0.4, 0.5) is 5.69 Å². The smallest absolute Gasteiger partial charge is 0.338 e. The number of aryl methyl sites for hydroxylation is 1. The van der Waals surface area contributed by atoms with Crippen LogP contribution in [0.2, 0.25) is 0 Å². The molecule has 0 radical (unpaired) electrons. The molecule has 0 fully saturated rings. The molecule has 6 heteroatoms. The third kappa shape index (κ3) is 4.44. The lowest BCUT2D eigenvalue weighted by molar-refractivity contribution is -0.123. The van der Waals surface area contributed by atoms with E-state index in [2.05, 4.69) is 0 Å². The zero-order valence-corrected chi connectivity index (χ0v) is 19.1. The Bertz CT molecular complexity index is 1080. The van der Waals surface area contributed by atoms with Crippen molar-refractivity contribution in [3.05, 3.63) is 76.6 Å². The lowest BCUT2D eigenvalue weighted by Crippen LogP contribution is -2.32. The van der Waals surface area contributed by atoms with Crippen molar-refractivity contribution in [1.29, 1.82) is 0 Å². The molecular formula is C26H29NO5. The number of hydrogen-bond acceptors (Lipinski definition) is 5. The summed E-state index contributed by atoms with van der Waals surface area (Å²) < 4.78 is 5.16. The van der Waals surface area contributed by atoms with E-state index >= 15 is 0 Å². The number of amides is 1. The van der Waals surface area contributed by atoms with E-state index in [9.17, 15) is 19.5 Å². The molecule has 1 aliphatic heterocycles. The van der Waals surface area contributed by atoms with Gasteiger partial charge < -0.3 is 9.84 Å². The molecule has 1 unspecified atom stereocenters. The van der Waals surface area contributed by atoms with Crippen LogP contribution in [0.25, 0.3) is 0 Å². The number of nitrogens with zero attached hydrogens (tertiary/aromatic N) is 1. The minimum atomic E-state index is -0.783. The number of ketones is 1. The monoisotopic (exact) mass is 435 g/mol. The Hall–Kier alpha value is -3.41. The average Bonchev–Trinajstić information content (AvgIpc) is 3.01. The number of carbonyl (C=O) groups excluding carboxylic acids is 3. The Morgan fingerprint density at radius 2 is 1.75 bits per heavy atom. The van der Waals surface area contributed by atoms with E-state index in [1.165, 1.54) is 4.90 Å². The van der Waals surface area contributed by atoms with E-state index in [4.69, 9.17) is 4.74 Å². The fourth-order valence-electron chi connectivity index (χ4n) is 3.70. The molecule has 6 nitrogen and oxygen atoms in total. The number of anilines is 1. The van der Waals surface area contributed by atoms with Gasteiger partial charge in [-0.15, -0.1) is 0 Å². The van der Waals surface area contributed by atoms with E-state index in [-0.39, 0.29) is 11.4 Å². The average molecular weight is 436 g/mol. The van der Waals surface area contributed by atoms with Crippen molar-refractivity contribution in [2.45, 2.75) is 47.1 Å². The van der Waals surface area contributed by atoms with Crippen LogP contribution in [0.5, 0.6) is 0 Å². The first-order valence-corrected chi connectivity index (χ1v) is 10.7. The second kappa shape index (κ2) is 8.99. The summed E-state index contributed by atoms with van der Waals surface area (Å²) in [5.74, 6) is -1.92. The largest absolute Gasteiger partial charge is 0.503 e. The van der Waals surface area contributed by atoms with Gasteiger partial charge in [0, 0.05) is 11.1 Å². The first kappa shape index (κ1) is 23.3. The molecule has 0 saturated carbocycles. The van der Waals surface area contributed by atoms with Crippen molar-refractivity contribution < 1.29 is 24.2 Å². The third-order valence-corrected chi connectivity index (χ3v) is 5.31. The van der Waals surface area contributed by atoms with Gasteiger partial charge in [0.05, 0.1) is 23.8 Å². The maximum absolute atomic E-state index is 13.3. The number of benzene rings is 2. The van der Waals surface area contributed by atoms with E-state index in [1.807, 2.05) is 38.1 Å². The van der Waals surface area contributed by atoms with Crippen molar-refractivity contribution in [3.63, 3.8) is 0 Å². The first-order valence-electron chi connectivity index (χ1n) is 10.7. The van der Waals surface area contributed by atoms with Crippen molar-refractivity contribution in [1.82, 2.24) is 0 Å². The number of esters is 1. The van der Waals surface area contributed by atoms with Crippen LogP contribution in [-0.2, 0) is 14.3 Å². The van der Waals surface area contributed by atoms with Crippen LogP contribution in [-0.4, -0.2) is 29.4 Å². The Kier molecular flexibility index (Phi) is 6.53. The molecule has 1 aliphatic rings. The van der Waals surface area contributed by atoms with Gasteiger partial charge in [-0.05, 0) is 43.2 Å². The fourth-order valence-corrected chi connectivity index (χ4v) is 3.70. The maximum atomic E-state index is 13.3. The topological polar surface area (TPSA) is 83.9 Å². The summed E-state index contributed by atoms with van der Waals surface area (Å²) in [7, 11) is 0. The van der Waals surface area contributed by atoms with Gasteiger partial charge >= 0.3 is 5.97 Å². The Morgan fingerprint density at radius 3 is 2.31 bits per heavy atom. The number of aliphatic hydroxyl groups excluding tert-OH is 1. The molecule has 1 N–H and O–H groups in total. The molecule has 1 amide bonds. The molecule has 0 aliphatic carbocycles. The highest BCUT2D eigenvalue weighted by atomic mass is 16.5. The van der Waals surface area contributed by atoms with Crippen LogP contribution in [0.1, 0.15) is 61.6 Å². The molecule has 1 atom stereocenters. The van der Waals surface area contributed by atoms with Gasteiger partial charge in [-0.2, -0.15) is 0 Å². The van der Waals surface area contributed by atoms with E-state index in [1.54, 1.807) is 45.0 Å². The van der Waals surface area contributed by atoms with Crippen molar-refractivity contribution in [3.8, 4) is 0 Å². The van der Waals surface area contributed by atoms with Gasteiger partial charge in [-0.3, -0.25) is 14.5 Å². The van der Waals surface area contributed by atoms with Crippen LogP contribution in [0, 0.1) is 12.3 Å². The lowest BCUT2D eigenvalue weighted by Gasteiger charge is -2.29. The summed E-state index contributed by atoms with van der Waals surface area (Å²) in [4.78, 5) is 39.9. The Morgan fingerprint density at radius 1 is 1.09 bits per heavy atom. The molecule has 168 valence electrons. The lowest BCUT2D eigenvalue weighted by atomic mass is 9.82. The number of Topliss-reactive ketones (excluding diaryl/α,β-unsaturated/α-hetero) is 1. The van der Waals surface area contributed by atoms with Crippen LogP contribution in [0.3, 0.4) is 0 Å². The molecule has 1 heterocycles. The zero-order valence-electron chi connectivity index (χ0n) is 19.1. The second-order valence-corrected chi connectivity index (χ2v) is 9.02. The van der Waals surface area contributed by atoms with Gasteiger partial charge in [0.2, 0.25) is 0 Å². The summed E-state index contributed by atoms with van der Waals surface area (Å²) in [6.07, 6.45) is 0.722. The Labute approximate surface area is 188 Å². The molecule has 2 aromatic rings. The number of carbonyl (C=O) groups is 3. The van der Waals surface area contributed by atoms with E-state index in [0.29, 0.717) is 17.9 Å². The van der Waals surface area contributed by atoms with Crippen LogP contribution in [0.15, 0.2) is 59.9 Å². The summed E-state index contributed by atoms with van der Waals surface area (Å²) in [6.45, 7) is 9.44. The van der Waals surface area contributed by atoms with Crippen molar-refractivity contribution in [2.75, 3.05) is 11.5 Å². The van der Waals surface area contributed by atoms with Gasteiger partial charge in [-0.25, -0.2) is 4.79 Å². The van der Waals surface area contributed by atoms with Crippen LogP contribution >= 0.6 is 0 Å². The zero-order chi connectivity index (χ0) is 23.6. The van der Waals surface area contributed by atoms with Gasteiger partial charge in [-0.1, -0.05) is 57.5 Å². The SMILES string of the molecule is CCCOC(=O)c1ccc(N2C(=O)C(O)=C(C(=O)C(C)(C)C)C2c2cccc(C)c2)cc1. The molecular weight excluding hydrogens is 406 g/mol. The molecule has 32 heavy (non-hydrogen) atoms. The molecule has 2 aromatic carbocycles. The minimum absolute atomic E-state index is 0.0829. The van der Waals surface area contributed by atoms with Crippen molar-refractivity contribution in [2.24, 2.45) is 5.41 Å². The standard InChI is InChI=1S/C26H29NO5/c1-6-14-32-25(31)17-10-12-19(13-11-17)27-21(18-9-7-8-16(2)15-18)20(22(28)24(27)30)23(29)26(3,4)5/h7-13,15,21,28H,6,14H2,1-5H3. The van der Waals surface area contributed by atoms with E-state index < -0.39 is 29.1 Å². The maximum Gasteiger partial charge on any atom is 0.338 e. The molecule has 0 bridgehead atoms. The fraction of sp³-hybridized carbons (Fsp3) is 0.346. The minimum Gasteiger partial charge on any atom is -0.503 e. The van der Waals surface area contributed by atoms with Crippen LogP contribution < -0.4 is 4.90 Å². The van der Waals surface area contributed by atoms with Gasteiger partial charge in [0.25, 0.3) is 5.91 Å². The summed E-state index contributed by atoms with van der Waals surface area (Å²) in [5, 5.41) is 10.8. The molecule has 3 rings (SSSR count). The Balaban J connectivity index is 2.07. The first-order chi connectivity index (χ1) is 15.1. The summed E-state index contributed by atoms with van der Waals surface area (Å²) in [6, 6.07) is 13.2. The predicted octanol–water partition coefficient (Wildman–Crippen LogP) is 5.08. The quantitative estimate of drug-likeness (QED) is 0.640. The van der Waals surface area contributed by atoms with Gasteiger partial charge in [0.1, 0.15) is 0 Å². The number of ether oxygens (including phenoxy) is 1. The highest BCUT2D eigenvalue weighted by molar-refractivity contribution is 6.17. The van der Waals surface area contributed by atoms with Gasteiger partial charge in [0.15, 0.2) is 11.5 Å². The molecule has 0 saturated heterocycles. The number of rotatable bonds is 6. The number of aliphatic hydroxyl groups is 1. The molecule has 0 aromatic heterocycles. The molecule has 0 spiro atoms. The van der Waals surface area contributed by atoms with Crippen molar-refractivity contribution >= 4 is 23.3 Å². The highest BCUT2D eigenvalue weighted by Crippen LogP contribution is 2.43. The van der Waals surface area contributed by atoms with E-state index in [0.717, 1.165) is 17.5 Å². The highest BCUT2D eigenvalue weighted by Gasteiger charge is 2.46. The summed E-state index contributed by atoms with van der Waals surface area (Å²) in [5.41, 5.74) is 1.83. The second-order valence-electron chi connectivity index (χ2n) is 9.02.